The fraction of sp³-hybridized carbons (Fsp3) is 0.857. The van der Waals surface area contributed by atoms with Crippen molar-refractivity contribution >= 4 is 12.0 Å². The van der Waals surface area contributed by atoms with Gasteiger partial charge < -0.3 is 20.6 Å². The standard InChI is InChI=1S/C14H27N3O3/c1-11(5-6-13(18)19)8-16-14(20)17-7-3-4-12(10-17)9-15-2/h11-12,15H,3-10H2,1-2H3,(H,16,20)(H,18,19). The van der Waals surface area contributed by atoms with Crippen molar-refractivity contribution in [1.82, 2.24) is 15.5 Å². The van der Waals surface area contributed by atoms with E-state index in [9.17, 15) is 9.59 Å². The van der Waals surface area contributed by atoms with Gasteiger partial charge in [-0.05, 0) is 44.7 Å². The number of carboxylic acids is 1. The highest BCUT2D eigenvalue weighted by molar-refractivity contribution is 5.74. The van der Waals surface area contributed by atoms with Crippen molar-refractivity contribution in [3.8, 4) is 0 Å². The molecule has 1 aliphatic rings. The lowest BCUT2D eigenvalue weighted by Crippen LogP contribution is -2.47. The van der Waals surface area contributed by atoms with Crippen LogP contribution in [-0.2, 0) is 4.79 Å². The van der Waals surface area contributed by atoms with E-state index < -0.39 is 5.97 Å². The molecule has 0 aromatic heterocycles. The zero-order valence-electron chi connectivity index (χ0n) is 12.5. The van der Waals surface area contributed by atoms with Crippen LogP contribution in [0.5, 0.6) is 0 Å². The Morgan fingerprint density at radius 2 is 2.20 bits per heavy atom. The molecule has 0 bridgehead atoms. The first-order valence-electron chi connectivity index (χ1n) is 7.42. The second kappa shape index (κ2) is 8.79. The largest absolute Gasteiger partial charge is 0.481 e. The molecule has 20 heavy (non-hydrogen) atoms. The predicted molar refractivity (Wildman–Crippen MR) is 77.7 cm³/mol. The van der Waals surface area contributed by atoms with Crippen LogP contribution in [0.4, 0.5) is 4.79 Å². The molecule has 2 atom stereocenters. The summed E-state index contributed by atoms with van der Waals surface area (Å²) in [6.07, 6.45) is 2.97. The van der Waals surface area contributed by atoms with E-state index in [1.165, 1.54) is 6.42 Å². The number of carboxylic acid groups (broad SMARTS) is 1. The van der Waals surface area contributed by atoms with Gasteiger partial charge in [-0.25, -0.2) is 4.79 Å². The summed E-state index contributed by atoms with van der Waals surface area (Å²) in [6.45, 7) is 5.06. The Kier molecular flexibility index (Phi) is 7.36. The van der Waals surface area contributed by atoms with Gasteiger partial charge in [-0.15, -0.1) is 0 Å². The Hall–Kier alpha value is -1.30. The van der Waals surface area contributed by atoms with Gasteiger partial charge in [0, 0.05) is 26.1 Å². The third-order valence-electron chi connectivity index (χ3n) is 3.75. The zero-order chi connectivity index (χ0) is 15.0. The van der Waals surface area contributed by atoms with E-state index in [0.717, 1.165) is 26.1 Å². The lowest BCUT2D eigenvalue weighted by Gasteiger charge is -2.33. The first-order valence-corrected chi connectivity index (χ1v) is 7.42. The van der Waals surface area contributed by atoms with Crippen molar-refractivity contribution in [3.63, 3.8) is 0 Å². The Bertz CT molecular complexity index is 321. The summed E-state index contributed by atoms with van der Waals surface area (Å²) in [6, 6.07) is -0.0204. The van der Waals surface area contributed by atoms with Crippen molar-refractivity contribution in [2.75, 3.05) is 33.2 Å². The van der Waals surface area contributed by atoms with Crippen molar-refractivity contribution in [1.29, 1.82) is 0 Å². The van der Waals surface area contributed by atoms with Gasteiger partial charge in [-0.1, -0.05) is 6.92 Å². The number of carbonyl (C=O) groups excluding carboxylic acids is 1. The second-order valence-electron chi connectivity index (χ2n) is 5.74. The molecule has 2 unspecified atom stereocenters. The molecule has 3 N–H and O–H groups in total. The van der Waals surface area contributed by atoms with E-state index in [2.05, 4.69) is 10.6 Å². The monoisotopic (exact) mass is 285 g/mol. The molecule has 0 spiro atoms. The molecule has 0 aromatic carbocycles. The summed E-state index contributed by atoms with van der Waals surface area (Å²) in [4.78, 5) is 24.4. The van der Waals surface area contributed by atoms with Crippen LogP contribution >= 0.6 is 0 Å². The molecular weight excluding hydrogens is 258 g/mol. The minimum atomic E-state index is -0.783. The first-order chi connectivity index (χ1) is 9.52. The average molecular weight is 285 g/mol. The Morgan fingerprint density at radius 3 is 2.85 bits per heavy atom. The fourth-order valence-electron chi connectivity index (χ4n) is 2.55. The quantitative estimate of drug-likeness (QED) is 0.655. The highest BCUT2D eigenvalue weighted by Crippen LogP contribution is 2.15. The molecule has 0 aliphatic carbocycles. The molecule has 2 amide bonds. The number of piperidine rings is 1. The maximum Gasteiger partial charge on any atom is 0.317 e. The third kappa shape index (κ3) is 6.23. The van der Waals surface area contributed by atoms with Gasteiger partial charge >= 0.3 is 12.0 Å². The minimum Gasteiger partial charge on any atom is -0.481 e. The van der Waals surface area contributed by atoms with Crippen molar-refractivity contribution in [3.05, 3.63) is 0 Å². The predicted octanol–water partition coefficient (Wildman–Crippen LogP) is 1.13. The van der Waals surface area contributed by atoms with Gasteiger partial charge in [0.1, 0.15) is 0 Å². The minimum absolute atomic E-state index is 0.0204. The van der Waals surface area contributed by atoms with Crippen LogP contribution in [0, 0.1) is 11.8 Å². The highest BCUT2D eigenvalue weighted by atomic mass is 16.4. The average Bonchev–Trinajstić information content (AvgIpc) is 2.43. The number of hydrogen-bond acceptors (Lipinski definition) is 3. The van der Waals surface area contributed by atoms with Crippen molar-refractivity contribution < 1.29 is 14.7 Å². The van der Waals surface area contributed by atoms with Crippen molar-refractivity contribution in [2.45, 2.75) is 32.6 Å². The summed E-state index contributed by atoms with van der Waals surface area (Å²) < 4.78 is 0. The smallest absolute Gasteiger partial charge is 0.317 e. The summed E-state index contributed by atoms with van der Waals surface area (Å²) in [5.74, 6) is -0.0639. The van der Waals surface area contributed by atoms with Gasteiger partial charge in [0.15, 0.2) is 0 Å². The van der Waals surface area contributed by atoms with Crippen molar-refractivity contribution in [2.24, 2.45) is 11.8 Å². The van der Waals surface area contributed by atoms with Gasteiger partial charge in [0.2, 0.25) is 0 Å². The number of rotatable bonds is 7. The molecule has 0 saturated carbocycles. The van der Waals surface area contributed by atoms with Crippen LogP contribution in [0.1, 0.15) is 32.6 Å². The number of nitrogens with zero attached hydrogens (tertiary/aromatic N) is 1. The van der Waals surface area contributed by atoms with E-state index >= 15 is 0 Å². The SMILES string of the molecule is CNCC1CCCN(C(=O)NCC(C)CCC(=O)O)C1. The topological polar surface area (TPSA) is 81.7 Å². The molecule has 1 fully saturated rings. The van der Waals surface area contributed by atoms with E-state index in [0.29, 0.717) is 18.9 Å². The molecule has 1 heterocycles. The highest BCUT2D eigenvalue weighted by Gasteiger charge is 2.23. The van der Waals surface area contributed by atoms with E-state index in [1.54, 1.807) is 0 Å². The molecule has 0 radical (unpaired) electrons. The number of urea groups is 1. The molecule has 0 aromatic rings. The normalized spacial score (nSPS) is 20.5. The second-order valence-corrected chi connectivity index (χ2v) is 5.74. The molecule has 1 saturated heterocycles. The van der Waals surface area contributed by atoms with Gasteiger partial charge in [0.05, 0.1) is 0 Å². The number of likely N-dealkylation sites (tertiary alicyclic amines) is 1. The fourth-order valence-corrected chi connectivity index (χ4v) is 2.55. The van der Waals surface area contributed by atoms with Gasteiger partial charge in [-0.2, -0.15) is 0 Å². The number of aliphatic carboxylic acids is 1. The zero-order valence-corrected chi connectivity index (χ0v) is 12.5. The molecule has 1 rings (SSSR count). The summed E-state index contributed by atoms with van der Waals surface area (Å²) in [7, 11) is 1.93. The maximum atomic E-state index is 12.1. The first kappa shape index (κ1) is 16.8. The number of hydrogen-bond donors (Lipinski definition) is 3. The number of nitrogens with one attached hydrogen (secondary N) is 2. The Labute approximate surface area is 120 Å². The Morgan fingerprint density at radius 1 is 1.45 bits per heavy atom. The number of amides is 2. The van der Waals surface area contributed by atoms with Gasteiger partial charge in [0.25, 0.3) is 0 Å². The van der Waals surface area contributed by atoms with Crippen LogP contribution in [0.15, 0.2) is 0 Å². The molecule has 6 nitrogen and oxygen atoms in total. The summed E-state index contributed by atoms with van der Waals surface area (Å²) in [5.41, 5.74) is 0. The van der Waals surface area contributed by atoms with Crippen LogP contribution in [0.3, 0.4) is 0 Å². The summed E-state index contributed by atoms with van der Waals surface area (Å²) >= 11 is 0. The van der Waals surface area contributed by atoms with Crippen LogP contribution in [-0.4, -0.2) is 55.2 Å². The lowest BCUT2D eigenvalue weighted by atomic mass is 9.98. The van der Waals surface area contributed by atoms with E-state index in [1.807, 2.05) is 18.9 Å². The molecule has 116 valence electrons. The third-order valence-corrected chi connectivity index (χ3v) is 3.75. The van der Waals surface area contributed by atoms with Gasteiger partial charge in [-0.3, -0.25) is 4.79 Å². The van der Waals surface area contributed by atoms with Crippen LogP contribution in [0.2, 0.25) is 0 Å². The molecule has 1 aliphatic heterocycles. The van der Waals surface area contributed by atoms with E-state index in [4.69, 9.17) is 5.11 Å². The van der Waals surface area contributed by atoms with E-state index in [-0.39, 0.29) is 18.4 Å². The molecule has 6 heteroatoms. The molecular formula is C14H27N3O3. The van der Waals surface area contributed by atoms with Crippen LogP contribution < -0.4 is 10.6 Å². The maximum absolute atomic E-state index is 12.1. The Balaban J connectivity index is 2.26. The van der Waals surface area contributed by atoms with Crippen LogP contribution in [0.25, 0.3) is 0 Å². The number of carbonyl (C=O) groups is 2. The summed E-state index contributed by atoms with van der Waals surface area (Å²) in [5, 5.41) is 14.7. The lowest BCUT2D eigenvalue weighted by molar-refractivity contribution is -0.137.